The van der Waals surface area contributed by atoms with E-state index >= 15 is 0 Å². The quantitative estimate of drug-likeness (QED) is 0.894. The molecular weight excluding hydrogens is 245 g/mol. The van der Waals surface area contributed by atoms with Crippen LogP contribution in [0, 0.1) is 5.82 Å². The molecule has 1 saturated heterocycles. The van der Waals surface area contributed by atoms with Gasteiger partial charge in [0.1, 0.15) is 5.82 Å². The molecule has 4 nitrogen and oxygen atoms in total. The third kappa shape index (κ3) is 3.04. The van der Waals surface area contributed by atoms with Gasteiger partial charge in [-0.3, -0.25) is 4.79 Å². The summed E-state index contributed by atoms with van der Waals surface area (Å²) < 4.78 is 13.6. The molecule has 1 fully saturated rings. The van der Waals surface area contributed by atoms with Gasteiger partial charge in [-0.05, 0) is 25.0 Å². The minimum Gasteiger partial charge on any atom is -0.365 e. The van der Waals surface area contributed by atoms with Crippen molar-refractivity contribution in [2.24, 2.45) is 5.73 Å². The summed E-state index contributed by atoms with van der Waals surface area (Å²) in [5, 5.41) is 0. The Morgan fingerprint density at radius 1 is 1.42 bits per heavy atom. The maximum atomic E-state index is 13.6. The maximum Gasteiger partial charge on any atom is 0.242 e. The van der Waals surface area contributed by atoms with E-state index in [4.69, 9.17) is 5.73 Å². The second kappa shape index (κ2) is 6.02. The van der Waals surface area contributed by atoms with E-state index in [2.05, 4.69) is 0 Å². The van der Waals surface area contributed by atoms with Crippen molar-refractivity contribution in [1.82, 2.24) is 4.90 Å². The Balaban J connectivity index is 2.09. The fraction of sp³-hybridized carbons (Fsp3) is 0.500. The number of anilines is 1. The van der Waals surface area contributed by atoms with E-state index in [0.717, 1.165) is 25.9 Å². The lowest BCUT2D eigenvalue weighted by Crippen LogP contribution is -2.37. The Morgan fingerprint density at radius 2 is 2.11 bits per heavy atom. The van der Waals surface area contributed by atoms with Gasteiger partial charge in [0.05, 0.1) is 6.54 Å². The number of amides is 1. The lowest BCUT2D eigenvalue weighted by atomic mass is 10.1. The first-order valence-corrected chi connectivity index (χ1v) is 6.60. The van der Waals surface area contributed by atoms with Crippen LogP contribution in [0.2, 0.25) is 0 Å². The first-order valence-electron chi connectivity index (χ1n) is 6.60. The highest BCUT2D eigenvalue weighted by Gasteiger charge is 2.20. The molecule has 5 heteroatoms. The number of rotatable bonds is 4. The molecule has 19 heavy (non-hydrogen) atoms. The summed E-state index contributed by atoms with van der Waals surface area (Å²) in [4.78, 5) is 15.7. The van der Waals surface area contributed by atoms with Gasteiger partial charge in [0.2, 0.25) is 5.91 Å². The smallest absolute Gasteiger partial charge is 0.242 e. The fourth-order valence-electron chi connectivity index (χ4n) is 2.46. The Labute approximate surface area is 113 Å². The Bertz CT molecular complexity index is 458. The normalized spacial score (nSPS) is 14.8. The van der Waals surface area contributed by atoms with Gasteiger partial charge in [0, 0.05) is 37.9 Å². The summed E-state index contributed by atoms with van der Waals surface area (Å²) in [5.41, 5.74) is 6.73. The van der Waals surface area contributed by atoms with Gasteiger partial charge >= 0.3 is 0 Å². The van der Waals surface area contributed by atoms with Crippen LogP contribution in [0.25, 0.3) is 0 Å². The van der Waals surface area contributed by atoms with Crippen LogP contribution in [0.1, 0.15) is 18.4 Å². The van der Waals surface area contributed by atoms with Gasteiger partial charge in [0.25, 0.3) is 0 Å². The number of likely N-dealkylation sites (tertiary alicyclic amines) is 1. The van der Waals surface area contributed by atoms with Gasteiger partial charge in [-0.15, -0.1) is 0 Å². The standard InChI is InChI=1S/C14H20FN3O/c1-17(10-14(19)18-7-2-3-8-18)13-6-4-5-12(15)11(13)9-16/h4-6H,2-3,7-10,16H2,1H3. The molecule has 1 amide bonds. The minimum atomic E-state index is -0.319. The Morgan fingerprint density at radius 3 is 2.74 bits per heavy atom. The maximum absolute atomic E-state index is 13.6. The van der Waals surface area contributed by atoms with Gasteiger partial charge in [-0.25, -0.2) is 4.39 Å². The molecule has 1 aliphatic rings. The number of carbonyl (C=O) groups excluding carboxylic acids is 1. The highest BCUT2D eigenvalue weighted by Crippen LogP contribution is 2.22. The molecular formula is C14H20FN3O. The van der Waals surface area contributed by atoms with Crippen LogP contribution in [0.15, 0.2) is 18.2 Å². The van der Waals surface area contributed by atoms with Gasteiger partial charge in [0.15, 0.2) is 0 Å². The van der Waals surface area contributed by atoms with Crippen LogP contribution >= 0.6 is 0 Å². The molecule has 2 N–H and O–H groups in total. The molecule has 2 rings (SSSR count). The average molecular weight is 265 g/mol. The van der Waals surface area contributed by atoms with Crippen LogP contribution in [-0.4, -0.2) is 37.5 Å². The molecule has 0 atom stereocenters. The number of hydrogen-bond donors (Lipinski definition) is 1. The van der Waals surface area contributed by atoms with Crippen molar-refractivity contribution < 1.29 is 9.18 Å². The molecule has 0 unspecified atom stereocenters. The summed E-state index contributed by atoms with van der Waals surface area (Å²) in [6.07, 6.45) is 2.15. The van der Waals surface area contributed by atoms with Crippen molar-refractivity contribution in [1.29, 1.82) is 0 Å². The second-order valence-corrected chi connectivity index (χ2v) is 4.89. The lowest BCUT2D eigenvalue weighted by molar-refractivity contribution is -0.128. The predicted octanol–water partition coefficient (Wildman–Crippen LogP) is 1.34. The predicted molar refractivity (Wildman–Crippen MR) is 73.4 cm³/mol. The number of halogens is 1. The topological polar surface area (TPSA) is 49.6 Å². The molecule has 0 spiro atoms. The first kappa shape index (κ1) is 13.8. The molecule has 104 valence electrons. The van der Waals surface area contributed by atoms with Crippen molar-refractivity contribution in [3.8, 4) is 0 Å². The van der Waals surface area contributed by atoms with Gasteiger partial charge in [-0.2, -0.15) is 0 Å². The van der Waals surface area contributed by atoms with Crippen LogP contribution in [0.4, 0.5) is 10.1 Å². The largest absolute Gasteiger partial charge is 0.365 e. The number of benzene rings is 1. The molecule has 0 saturated carbocycles. The third-order valence-electron chi connectivity index (χ3n) is 3.54. The van der Waals surface area contributed by atoms with Crippen LogP contribution < -0.4 is 10.6 Å². The minimum absolute atomic E-state index is 0.0900. The number of nitrogens with two attached hydrogens (primary N) is 1. The SMILES string of the molecule is CN(CC(=O)N1CCCC1)c1cccc(F)c1CN. The molecule has 0 aromatic heterocycles. The average Bonchev–Trinajstić information content (AvgIpc) is 2.92. The Hall–Kier alpha value is -1.62. The molecule has 1 heterocycles. The molecule has 0 bridgehead atoms. The van der Waals surface area contributed by atoms with E-state index in [1.807, 2.05) is 4.90 Å². The van der Waals surface area contributed by atoms with Crippen molar-refractivity contribution >= 4 is 11.6 Å². The van der Waals surface area contributed by atoms with E-state index in [1.165, 1.54) is 6.07 Å². The number of likely N-dealkylation sites (N-methyl/N-ethyl adjacent to an activating group) is 1. The molecule has 1 aromatic rings. The highest BCUT2D eigenvalue weighted by atomic mass is 19.1. The summed E-state index contributed by atoms with van der Waals surface area (Å²) in [6.45, 7) is 2.06. The molecule has 0 radical (unpaired) electrons. The molecule has 1 aliphatic heterocycles. The summed E-state index contributed by atoms with van der Waals surface area (Å²) in [7, 11) is 1.79. The lowest BCUT2D eigenvalue weighted by Gasteiger charge is -2.24. The van der Waals surface area contributed by atoms with Crippen LogP contribution in [-0.2, 0) is 11.3 Å². The van der Waals surface area contributed by atoms with Gasteiger partial charge in [-0.1, -0.05) is 6.07 Å². The van der Waals surface area contributed by atoms with E-state index in [-0.39, 0.29) is 24.8 Å². The molecule has 0 aliphatic carbocycles. The zero-order chi connectivity index (χ0) is 13.8. The van der Waals surface area contributed by atoms with Crippen molar-refractivity contribution in [3.05, 3.63) is 29.6 Å². The number of nitrogens with zero attached hydrogens (tertiary/aromatic N) is 2. The zero-order valence-electron chi connectivity index (χ0n) is 11.2. The third-order valence-corrected chi connectivity index (χ3v) is 3.54. The van der Waals surface area contributed by atoms with Crippen molar-refractivity contribution in [2.45, 2.75) is 19.4 Å². The van der Waals surface area contributed by atoms with E-state index in [1.54, 1.807) is 24.1 Å². The second-order valence-electron chi connectivity index (χ2n) is 4.89. The zero-order valence-corrected chi connectivity index (χ0v) is 11.2. The summed E-state index contributed by atoms with van der Waals surface area (Å²) >= 11 is 0. The Kier molecular flexibility index (Phi) is 4.37. The highest BCUT2D eigenvalue weighted by molar-refractivity contribution is 5.82. The number of hydrogen-bond acceptors (Lipinski definition) is 3. The fourth-order valence-corrected chi connectivity index (χ4v) is 2.46. The van der Waals surface area contributed by atoms with E-state index in [9.17, 15) is 9.18 Å². The van der Waals surface area contributed by atoms with E-state index < -0.39 is 0 Å². The van der Waals surface area contributed by atoms with Crippen LogP contribution in [0.5, 0.6) is 0 Å². The summed E-state index contributed by atoms with van der Waals surface area (Å²) in [6, 6.07) is 4.82. The number of carbonyl (C=O) groups is 1. The van der Waals surface area contributed by atoms with Gasteiger partial charge < -0.3 is 15.5 Å². The first-order chi connectivity index (χ1) is 9.13. The van der Waals surface area contributed by atoms with Crippen LogP contribution in [0.3, 0.4) is 0 Å². The summed E-state index contributed by atoms with van der Waals surface area (Å²) in [5.74, 6) is -0.229. The molecule has 1 aromatic carbocycles. The van der Waals surface area contributed by atoms with Crippen molar-refractivity contribution in [3.63, 3.8) is 0 Å². The monoisotopic (exact) mass is 265 g/mol. The van der Waals surface area contributed by atoms with E-state index in [0.29, 0.717) is 11.3 Å². The van der Waals surface area contributed by atoms with Crippen molar-refractivity contribution in [2.75, 3.05) is 31.6 Å².